The van der Waals surface area contributed by atoms with Crippen LogP contribution in [-0.2, 0) is 0 Å². The minimum absolute atomic E-state index is 0.214. The van der Waals surface area contributed by atoms with Gasteiger partial charge in [0.15, 0.2) is 0 Å². The van der Waals surface area contributed by atoms with E-state index in [1.54, 1.807) is 13.1 Å². The van der Waals surface area contributed by atoms with Crippen LogP contribution in [0.4, 0.5) is 15.8 Å². The number of anilines is 2. The molecule has 0 bridgehead atoms. The molecule has 1 aromatic rings. The highest BCUT2D eigenvalue weighted by Gasteiger charge is 2.03. The lowest BCUT2D eigenvalue weighted by molar-refractivity contribution is 0.630. The molecule has 66 valence electrons. The predicted molar refractivity (Wildman–Crippen MR) is 50.2 cm³/mol. The summed E-state index contributed by atoms with van der Waals surface area (Å²) in [4.78, 5) is 0. The first-order chi connectivity index (χ1) is 5.69. The van der Waals surface area contributed by atoms with Gasteiger partial charge in [0, 0.05) is 19.8 Å². The van der Waals surface area contributed by atoms with Crippen LogP contribution >= 0.6 is 0 Å². The van der Waals surface area contributed by atoms with Gasteiger partial charge in [0.25, 0.3) is 0 Å². The zero-order valence-electron chi connectivity index (χ0n) is 7.53. The van der Waals surface area contributed by atoms with Gasteiger partial charge >= 0.3 is 0 Å². The second kappa shape index (κ2) is 3.43. The van der Waals surface area contributed by atoms with E-state index in [1.165, 1.54) is 6.07 Å². The van der Waals surface area contributed by atoms with Gasteiger partial charge in [-0.25, -0.2) is 4.39 Å². The van der Waals surface area contributed by atoms with Gasteiger partial charge in [-0.05, 0) is 24.6 Å². The highest BCUT2D eigenvalue weighted by molar-refractivity contribution is 5.61. The van der Waals surface area contributed by atoms with Crippen molar-refractivity contribution in [2.24, 2.45) is 0 Å². The molecule has 1 aromatic carbocycles. The van der Waals surface area contributed by atoms with Crippen LogP contribution in [0.25, 0.3) is 0 Å². The number of halogens is 1. The van der Waals surface area contributed by atoms with Crippen LogP contribution in [0.5, 0.6) is 0 Å². The van der Waals surface area contributed by atoms with Crippen molar-refractivity contribution in [2.75, 3.05) is 24.7 Å². The lowest BCUT2D eigenvalue weighted by Crippen LogP contribution is -1.97. The molecule has 0 aliphatic heterocycles. The summed E-state index contributed by atoms with van der Waals surface area (Å²) < 4.78 is 13.1. The van der Waals surface area contributed by atoms with E-state index < -0.39 is 0 Å². The van der Waals surface area contributed by atoms with Crippen LogP contribution < -0.4 is 10.6 Å². The quantitative estimate of drug-likeness (QED) is 0.707. The van der Waals surface area contributed by atoms with Gasteiger partial charge < -0.3 is 10.6 Å². The van der Waals surface area contributed by atoms with Gasteiger partial charge in [0.1, 0.15) is 5.82 Å². The first-order valence-corrected chi connectivity index (χ1v) is 3.84. The molecule has 0 atom stereocenters. The maximum atomic E-state index is 13.1. The Kier molecular flexibility index (Phi) is 2.53. The van der Waals surface area contributed by atoms with Gasteiger partial charge in [-0.2, -0.15) is 0 Å². The third kappa shape index (κ3) is 1.49. The van der Waals surface area contributed by atoms with Crippen molar-refractivity contribution in [3.63, 3.8) is 0 Å². The third-order valence-electron chi connectivity index (χ3n) is 1.85. The maximum absolute atomic E-state index is 13.1. The molecule has 2 nitrogen and oxygen atoms in total. The van der Waals surface area contributed by atoms with Crippen molar-refractivity contribution in [1.29, 1.82) is 0 Å². The lowest BCUT2D eigenvalue weighted by atomic mass is 10.1. The van der Waals surface area contributed by atoms with E-state index in [0.717, 1.165) is 11.3 Å². The van der Waals surface area contributed by atoms with Crippen molar-refractivity contribution in [1.82, 2.24) is 0 Å². The zero-order chi connectivity index (χ0) is 9.14. The summed E-state index contributed by atoms with van der Waals surface area (Å²) >= 11 is 0. The van der Waals surface area contributed by atoms with Crippen LogP contribution in [0.2, 0.25) is 0 Å². The van der Waals surface area contributed by atoms with Crippen LogP contribution in [0.1, 0.15) is 5.56 Å². The van der Waals surface area contributed by atoms with Crippen LogP contribution in [0, 0.1) is 12.7 Å². The molecule has 2 N–H and O–H groups in total. The molecule has 0 aliphatic carbocycles. The fraction of sp³-hybridized carbons (Fsp3) is 0.333. The zero-order valence-corrected chi connectivity index (χ0v) is 7.53. The Labute approximate surface area is 71.8 Å². The summed E-state index contributed by atoms with van der Waals surface area (Å²) in [6.45, 7) is 1.87. The molecule has 1 rings (SSSR count). The molecule has 0 radical (unpaired) electrons. The van der Waals surface area contributed by atoms with Crippen LogP contribution in [0.15, 0.2) is 12.1 Å². The first kappa shape index (κ1) is 8.84. The van der Waals surface area contributed by atoms with Crippen LogP contribution in [0.3, 0.4) is 0 Å². The Hall–Kier alpha value is -1.25. The predicted octanol–water partition coefficient (Wildman–Crippen LogP) is 2.22. The van der Waals surface area contributed by atoms with E-state index in [2.05, 4.69) is 10.6 Å². The fourth-order valence-corrected chi connectivity index (χ4v) is 1.13. The summed E-state index contributed by atoms with van der Waals surface area (Å²) in [5.41, 5.74) is 2.37. The second-order valence-corrected chi connectivity index (χ2v) is 2.65. The topological polar surface area (TPSA) is 24.1 Å². The highest BCUT2D eigenvalue weighted by atomic mass is 19.1. The van der Waals surface area contributed by atoms with E-state index in [4.69, 9.17) is 0 Å². The standard InChI is InChI=1S/C9H13FN2/c1-6-4-7(10)9(12-3)5-8(6)11-2/h4-5,11-12H,1-3H3. The van der Waals surface area contributed by atoms with E-state index in [-0.39, 0.29) is 5.82 Å². The number of aryl methyl sites for hydroxylation is 1. The minimum Gasteiger partial charge on any atom is -0.388 e. The Morgan fingerprint density at radius 1 is 1.08 bits per heavy atom. The summed E-state index contributed by atoms with van der Waals surface area (Å²) in [5, 5.41) is 5.77. The molecule has 0 aromatic heterocycles. The number of benzene rings is 1. The summed E-state index contributed by atoms with van der Waals surface area (Å²) in [6.07, 6.45) is 0. The van der Waals surface area contributed by atoms with Crippen molar-refractivity contribution < 1.29 is 4.39 Å². The van der Waals surface area contributed by atoms with Crippen molar-refractivity contribution in [3.8, 4) is 0 Å². The summed E-state index contributed by atoms with van der Waals surface area (Å²) in [5.74, 6) is -0.214. The van der Waals surface area contributed by atoms with Gasteiger partial charge in [0.05, 0.1) is 5.69 Å². The third-order valence-corrected chi connectivity index (χ3v) is 1.85. The smallest absolute Gasteiger partial charge is 0.146 e. The number of hydrogen-bond acceptors (Lipinski definition) is 2. The second-order valence-electron chi connectivity index (χ2n) is 2.65. The SMILES string of the molecule is CNc1cc(NC)c(F)cc1C. The molecule has 0 saturated carbocycles. The normalized spacial score (nSPS) is 9.67. The molecule has 0 amide bonds. The van der Waals surface area contributed by atoms with E-state index >= 15 is 0 Å². The largest absolute Gasteiger partial charge is 0.388 e. The molecule has 0 spiro atoms. The number of nitrogens with one attached hydrogen (secondary N) is 2. The number of hydrogen-bond donors (Lipinski definition) is 2. The Bertz CT molecular complexity index is 259. The average molecular weight is 168 g/mol. The van der Waals surface area contributed by atoms with Gasteiger partial charge in [-0.1, -0.05) is 0 Å². The Morgan fingerprint density at radius 2 is 1.67 bits per heavy atom. The fourth-order valence-electron chi connectivity index (χ4n) is 1.13. The van der Waals surface area contributed by atoms with Gasteiger partial charge in [-0.15, -0.1) is 0 Å². The average Bonchev–Trinajstić information content (AvgIpc) is 2.05. The number of rotatable bonds is 2. The Morgan fingerprint density at radius 3 is 2.17 bits per heavy atom. The summed E-state index contributed by atoms with van der Waals surface area (Å²) in [6, 6.07) is 3.27. The molecule has 3 heteroatoms. The maximum Gasteiger partial charge on any atom is 0.146 e. The first-order valence-electron chi connectivity index (χ1n) is 3.84. The monoisotopic (exact) mass is 168 g/mol. The van der Waals surface area contributed by atoms with Crippen molar-refractivity contribution >= 4 is 11.4 Å². The molecular weight excluding hydrogens is 155 g/mol. The lowest BCUT2D eigenvalue weighted by Gasteiger charge is -2.08. The molecule has 0 unspecified atom stereocenters. The van der Waals surface area contributed by atoms with E-state index in [9.17, 15) is 4.39 Å². The Balaban J connectivity index is 3.18. The van der Waals surface area contributed by atoms with Crippen molar-refractivity contribution in [3.05, 3.63) is 23.5 Å². The molecule has 0 heterocycles. The van der Waals surface area contributed by atoms with Gasteiger partial charge in [-0.3, -0.25) is 0 Å². The molecule has 0 aliphatic rings. The van der Waals surface area contributed by atoms with E-state index in [0.29, 0.717) is 5.69 Å². The minimum atomic E-state index is -0.214. The molecular formula is C9H13FN2. The summed E-state index contributed by atoms with van der Waals surface area (Å²) in [7, 11) is 3.52. The van der Waals surface area contributed by atoms with Crippen LogP contribution in [-0.4, -0.2) is 14.1 Å². The van der Waals surface area contributed by atoms with E-state index in [1.807, 2.05) is 14.0 Å². The highest BCUT2D eigenvalue weighted by Crippen LogP contribution is 2.22. The molecule has 0 fully saturated rings. The molecule has 12 heavy (non-hydrogen) atoms. The van der Waals surface area contributed by atoms with Gasteiger partial charge in [0.2, 0.25) is 0 Å². The molecule has 0 saturated heterocycles. The van der Waals surface area contributed by atoms with Crippen molar-refractivity contribution in [2.45, 2.75) is 6.92 Å².